The Hall–Kier alpha value is -1.71. The zero-order chi connectivity index (χ0) is 21.7. The molecule has 1 rings (SSSR count). The molecule has 0 saturated carbocycles. The molecule has 0 aliphatic rings. The summed E-state index contributed by atoms with van der Waals surface area (Å²) in [6, 6.07) is 6.99. The minimum atomic E-state index is -0.312. The van der Waals surface area contributed by atoms with Crippen molar-refractivity contribution >= 4 is 11.7 Å². The maximum absolute atomic E-state index is 11.7. The molecule has 0 heterocycles. The Bertz CT molecular complexity index is 516. The first-order valence-electron chi connectivity index (χ1n) is 12.4. The molecule has 0 saturated heterocycles. The zero-order valence-electron chi connectivity index (χ0n) is 19.3. The van der Waals surface area contributed by atoms with Crippen LogP contribution in [0.4, 0.5) is 5.69 Å². The largest absolute Gasteiger partial charge is 0.482 e. The van der Waals surface area contributed by atoms with Gasteiger partial charge in [0, 0.05) is 5.69 Å². The van der Waals surface area contributed by atoms with Gasteiger partial charge in [0.05, 0.1) is 6.61 Å². The number of benzene rings is 1. The van der Waals surface area contributed by atoms with Gasteiger partial charge in [0.1, 0.15) is 5.75 Å². The Morgan fingerprint density at radius 1 is 0.700 bits per heavy atom. The molecule has 0 aliphatic heterocycles. The third-order valence-corrected chi connectivity index (χ3v) is 5.50. The number of hydrogen-bond acceptors (Lipinski definition) is 4. The lowest BCUT2D eigenvalue weighted by Gasteiger charge is -2.07. The lowest BCUT2D eigenvalue weighted by atomic mass is 10.0. The Morgan fingerprint density at radius 2 is 1.13 bits per heavy atom. The highest BCUT2D eigenvalue weighted by Gasteiger charge is 2.04. The SMILES string of the molecule is CCCCCCCCCCCCCCCCCCOC(=O)COc1ccc(N)cc1. The van der Waals surface area contributed by atoms with Crippen molar-refractivity contribution in [3.05, 3.63) is 24.3 Å². The minimum absolute atomic E-state index is 0.0528. The Kier molecular flexibility index (Phi) is 16.9. The fourth-order valence-corrected chi connectivity index (χ4v) is 3.58. The normalized spacial score (nSPS) is 10.8. The van der Waals surface area contributed by atoms with Crippen molar-refractivity contribution < 1.29 is 14.3 Å². The molecule has 172 valence electrons. The third kappa shape index (κ3) is 16.1. The Balaban J connectivity index is 1.77. The molecule has 1 aromatic carbocycles. The topological polar surface area (TPSA) is 61.5 Å². The molecule has 0 radical (unpaired) electrons. The summed E-state index contributed by atoms with van der Waals surface area (Å²) in [5.41, 5.74) is 6.29. The molecular formula is C26H45NO3. The van der Waals surface area contributed by atoms with Crippen LogP contribution in [0.15, 0.2) is 24.3 Å². The standard InChI is InChI=1S/C26H45NO3/c1-2-3-4-5-6-7-8-9-10-11-12-13-14-15-16-17-22-29-26(28)23-30-25-20-18-24(27)19-21-25/h18-21H,2-17,22-23,27H2,1H3. The summed E-state index contributed by atoms with van der Waals surface area (Å²) in [7, 11) is 0. The summed E-state index contributed by atoms with van der Waals surface area (Å²) in [5, 5.41) is 0. The average Bonchev–Trinajstić information content (AvgIpc) is 2.75. The van der Waals surface area contributed by atoms with Gasteiger partial charge in [-0.25, -0.2) is 4.79 Å². The predicted molar refractivity (Wildman–Crippen MR) is 127 cm³/mol. The van der Waals surface area contributed by atoms with Crippen molar-refractivity contribution in [3.63, 3.8) is 0 Å². The van der Waals surface area contributed by atoms with Gasteiger partial charge >= 0.3 is 5.97 Å². The van der Waals surface area contributed by atoms with Gasteiger partial charge in [-0.3, -0.25) is 0 Å². The fraction of sp³-hybridized carbons (Fsp3) is 0.731. The van der Waals surface area contributed by atoms with Crippen molar-refractivity contribution in [3.8, 4) is 5.75 Å². The van der Waals surface area contributed by atoms with E-state index in [1.807, 2.05) is 0 Å². The van der Waals surface area contributed by atoms with E-state index in [1.54, 1.807) is 24.3 Å². The molecule has 1 aromatic rings. The summed E-state index contributed by atoms with van der Waals surface area (Å²) in [6.45, 7) is 2.71. The van der Waals surface area contributed by atoms with E-state index in [-0.39, 0.29) is 12.6 Å². The van der Waals surface area contributed by atoms with E-state index in [1.165, 1.54) is 89.9 Å². The van der Waals surface area contributed by atoms with Crippen LogP contribution >= 0.6 is 0 Å². The van der Waals surface area contributed by atoms with Crippen molar-refractivity contribution in [2.24, 2.45) is 0 Å². The summed E-state index contributed by atoms with van der Waals surface area (Å²) in [4.78, 5) is 11.7. The highest BCUT2D eigenvalue weighted by molar-refractivity contribution is 5.71. The quantitative estimate of drug-likeness (QED) is 0.135. The predicted octanol–water partition coefficient (Wildman–Crippen LogP) is 7.45. The molecular weight excluding hydrogens is 374 g/mol. The van der Waals surface area contributed by atoms with Crippen LogP contribution in [0.2, 0.25) is 0 Å². The molecule has 2 N–H and O–H groups in total. The summed E-state index contributed by atoms with van der Waals surface area (Å²) in [5.74, 6) is 0.316. The molecule has 0 bridgehead atoms. The van der Waals surface area contributed by atoms with Crippen molar-refractivity contribution in [2.45, 2.75) is 110 Å². The number of rotatable bonds is 20. The molecule has 0 amide bonds. The molecule has 0 spiro atoms. The maximum atomic E-state index is 11.7. The van der Waals surface area contributed by atoms with Crippen molar-refractivity contribution in [1.29, 1.82) is 0 Å². The summed E-state index contributed by atoms with van der Waals surface area (Å²) in [6.07, 6.45) is 21.4. The van der Waals surface area contributed by atoms with Crippen LogP contribution in [0.1, 0.15) is 110 Å². The van der Waals surface area contributed by atoms with Gasteiger partial charge in [0.25, 0.3) is 0 Å². The van der Waals surface area contributed by atoms with Crippen LogP contribution < -0.4 is 10.5 Å². The van der Waals surface area contributed by atoms with Crippen LogP contribution in [-0.2, 0) is 9.53 Å². The number of ether oxygens (including phenoxy) is 2. The molecule has 30 heavy (non-hydrogen) atoms. The number of unbranched alkanes of at least 4 members (excludes halogenated alkanes) is 15. The highest BCUT2D eigenvalue weighted by atomic mass is 16.6. The van der Waals surface area contributed by atoms with Crippen LogP contribution in [0, 0.1) is 0 Å². The number of anilines is 1. The van der Waals surface area contributed by atoms with Gasteiger partial charge in [-0.05, 0) is 30.7 Å². The van der Waals surface area contributed by atoms with E-state index in [2.05, 4.69) is 6.92 Å². The summed E-state index contributed by atoms with van der Waals surface area (Å²) >= 11 is 0. The van der Waals surface area contributed by atoms with Crippen LogP contribution in [0.25, 0.3) is 0 Å². The molecule has 0 fully saturated rings. The van der Waals surface area contributed by atoms with E-state index in [9.17, 15) is 4.79 Å². The van der Waals surface area contributed by atoms with Gasteiger partial charge in [-0.2, -0.15) is 0 Å². The van der Waals surface area contributed by atoms with Gasteiger partial charge in [0.15, 0.2) is 6.61 Å². The molecule has 4 heteroatoms. The Labute approximate surface area is 184 Å². The van der Waals surface area contributed by atoms with Crippen LogP contribution in [0.5, 0.6) is 5.75 Å². The van der Waals surface area contributed by atoms with Gasteiger partial charge in [-0.1, -0.05) is 103 Å². The van der Waals surface area contributed by atoms with E-state index in [0.29, 0.717) is 18.0 Å². The third-order valence-electron chi connectivity index (χ3n) is 5.50. The minimum Gasteiger partial charge on any atom is -0.482 e. The maximum Gasteiger partial charge on any atom is 0.344 e. The first-order chi connectivity index (χ1) is 14.7. The first-order valence-corrected chi connectivity index (χ1v) is 12.4. The molecule has 0 unspecified atom stereocenters. The average molecular weight is 420 g/mol. The number of hydrogen-bond donors (Lipinski definition) is 1. The lowest BCUT2D eigenvalue weighted by Crippen LogP contribution is -2.15. The number of esters is 1. The van der Waals surface area contributed by atoms with Crippen LogP contribution in [-0.4, -0.2) is 19.2 Å². The number of carbonyl (C=O) groups is 1. The number of nitrogens with two attached hydrogens (primary N) is 1. The number of carbonyl (C=O) groups excluding carboxylic acids is 1. The smallest absolute Gasteiger partial charge is 0.344 e. The zero-order valence-corrected chi connectivity index (χ0v) is 19.3. The van der Waals surface area contributed by atoms with Crippen molar-refractivity contribution in [2.75, 3.05) is 18.9 Å². The molecule has 0 aliphatic carbocycles. The van der Waals surface area contributed by atoms with Gasteiger partial charge in [-0.15, -0.1) is 0 Å². The van der Waals surface area contributed by atoms with E-state index < -0.39 is 0 Å². The summed E-state index contributed by atoms with van der Waals surface area (Å²) < 4.78 is 10.6. The van der Waals surface area contributed by atoms with Gasteiger partial charge < -0.3 is 15.2 Å². The fourth-order valence-electron chi connectivity index (χ4n) is 3.58. The van der Waals surface area contributed by atoms with E-state index >= 15 is 0 Å². The molecule has 0 atom stereocenters. The lowest BCUT2D eigenvalue weighted by molar-refractivity contribution is -0.146. The second-order valence-electron chi connectivity index (χ2n) is 8.38. The van der Waals surface area contributed by atoms with Gasteiger partial charge in [0.2, 0.25) is 0 Å². The van der Waals surface area contributed by atoms with E-state index in [0.717, 1.165) is 12.8 Å². The van der Waals surface area contributed by atoms with Crippen LogP contribution in [0.3, 0.4) is 0 Å². The highest BCUT2D eigenvalue weighted by Crippen LogP contribution is 2.14. The van der Waals surface area contributed by atoms with Crippen molar-refractivity contribution in [1.82, 2.24) is 0 Å². The first kappa shape index (κ1) is 26.3. The Morgan fingerprint density at radius 3 is 1.60 bits per heavy atom. The second kappa shape index (κ2) is 19.3. The number of nitrogen functional groups attached to an aromatic ring is 1. The van der Waals surface area contributed by atoms with E-state index in [4.69, 9.17) is 15.2 Å². The monoisotopic (exact) mass is 419 g/mol. The molecule has 0 aromatic heterocycles. The second-order valence-corrected chi connectivity index (χ2v) is 8.38. The molecule has 4 nitrogen and oxygen atoms in total.